The zero-order valence-corrected chi connectivity index (χ0v) is 11.7. The maximum atomic E-state index is 13.6. The highest BCUT2D eigenvalue weighted by atomic mass is 19.1. The van der Waals surface area contributed by atoms with Gasteiger partial charge in [-0.2, -0.15) is 5.10 Å². The summed E-state index contributed by atoms with van der Waals surface area (Å²) in [7, 11) is 1.90. The summed E-state index contributed by atoms with van der Waals surface area (Å²) in [6.45, 7) is 4.91. The van der Waals surface area contributed by atoms with Crippen molar-refractivity contribution in [1.29, 1.82) is 0 Å². The van der Waals surface area contributed by atoms with E-state index < -0.39 is 0 Å². The molecule has 0 fully saturated rings. The molecular weight excluding hydrogens is 241 g/mol. The first-order chi connectivity index (χ1) is 9.11. The van der Waals surface area contributed by atoms with Crippen molar-refractivity contribution < 1.29 is 4.39 Å². The van der Waals surface area contributed by atoms with Crippen molar-refractivity contribution >= 4 is 0 Å². The van der Waals surface area contributed by atoms with Crippen LogP contribution in [0.4, 0.5) is 4.39 Å². The van der Waals surface area contributed by atoms with Crippen molar-refractivity contribution in [2.75, 3.05) is 6.54 Å². The summed E-state index contributed by atoms with van der Waals surface area (Å²) in [6.07, 6.45) is 2.80. The zero-order chi connectivity index (χ0) is 13.8. The molecule has 1 aromatic carbocycles. The fraction of sp³-hybridized carbons (Fsp3) is 0.400. The third kappa shape index (κ3) is 3.20. The number of aryl methyl sites for hydroxylation is 2. The van der Waals surface area contributed by atoms with Crippen molar-refractivity contribution in [3.05, 3.63) is 53.1 Å². The van der Waals surface area contributed by atoms with E-state index in [4.69, 9.17) is 0 Å². The van der Waals surface area contributed by atoms with Crippen LogP contribution in [0.5, 0.6) is 0 Å². The summed E-state index contributed by atoms with van der Waals surface area (Å²) in [5.74, 6) is -0.194. The molecule has 0 amide bonds. The molecule has 0 bridgehead atoms. The Morgan fingerprint density at radius 1 is 1.37 bits per heavy atom. The van der Waals surface area contributed by atoms with E-state index in [1.165, 1.54) is 0 Å². The average molecular weight is 261 g/mol. The lowest BCUT2D eigenvalue weighted by Crippen LogP contribution is -2.25. The molecule has 1 N–H and O–H groups in total. The zero-order valence-electron chi connectivity index (χ0n) is 11.7. The second kappa shape index (κ2) is 5.97. The third-order valence-electron chi connectivity index (χ3n) is 3.15. The molecular formula is C15H20FN3. The van der Waals surface area contributed by atoms with Crippen LogP contribution in [0.15, 0.2) is 30.5 Å². The predicted molar refractivity (Wildman–Crippen MR) is 74.5 cm³/mol. The van der Waals surface area contributed by atoms with Crippen LogP contribution < -0.4 is 5.32 Å². The van der Waals surface area contributed by atoms with Crippen LogP contribution in [0.2, 0.25) is 0 Å². The first-order valence-electron chi connectivity index (χ1n) is 6.60. The number of hydrogen-bond donors (Lipinski definition) is 1. The molecule has 19 heavy (non-hydrogen) atoms. The number of nitrogens with one attached hydrogen (secondary N) is 1. The van der Waals surface area contributed by atoms with Gasteiger partial charge in [-0.1, -0.05) is 13.0 Å². The van der Waals surface area contributed by atoms with E-state index in [0.717, 1.165) is 29.8 Å². The van der Waals surface area contributed by atoms with Crippen molar-refractivity contribution in [3.8, 4) is 0 Å². The molecule has 0 saturated heterocycles. The minimum atomic E-state index is -0.194. The van der Waals surface area contributed by atoms with Gasteiger partial charge in [0.2, 0.25) is 0 Å². The molecule has 1 heterocycles. The Hall–Kier alpha value is -1.68. The molecule has 1 aromatic heterocycles. The Morgan fingerprint density at radius 3 is 2.74 bits per heavy atom. The van der Waals surface area contributed by atoms with Gasteiger partial charge < -0.3 is 5.32 Å². The van der Waals surface area contributed by atoms with Crippen molar-refractivity contribution in [2.45, 2.75) is 26.3 Å². The fourth-order valence-corrected chi connectivity index (χ4v) is 2.28. The minimum absolute atomic E-state index is 0.0261. The Kier molecular flexibility index (Phi) is 4.32. The van der Waals surface area contributed by atoms with E-state index in [-0.39, 0.29) is 11.9 Å². The number of benzene rings is 1. The van der Waals surface area contributed by atoms with Gasteiger partial charge in [0.15, 0.2) is 0 Å². The van der Waals surface area contributed by atoms with Gasteiger partial charge in [-0.25, -0.2) is 4.39 Å². The van der Waals surface area contributed by atoms with Gasteiger partial charge in [0.25, 0.3) is 0 Å². The van der Waals surface area contributed by atoms with Gasteiger partial charge in [0.1, 0.15) is 5.82 Å². The Labute approximate surface area is 113 Å². The molecule has 2 aromatic rings. The summed E-state index contributed by atoms with van der Waals surface area (Å²) >= 11 is 0. The van der Waals surface area contributed by atoms with Gasteiger partial charge in [-0.05, 0) is 49.2 Å². The monoisotopic (exact) mass is 261 g/mol. The SMILES string of the molecule is CCCNC(c1cc(C)cc(F)c1)c1ccnn1C. The average Bonchev–Trinajstić information content (AvgIpc) is 2.75. The van der Waals surface area contributed by atoms with Crippen LogP contribution >= 0.6 is 0 Å². The summed E-state index contributed by atoms with van der Waals surface area (Å²) in [5, 5.41) is 7.65. The molecule has 0 aliphatic heterocycles. The van der Waals surface area contributed by atoms with E-state index in [1.54, 1.807) is 18.3 Å². The fourth-order valence-electron chi connectivity index (χ4n) is 2.28. The standard InChI is InChI=1S/C15H20FN3/c1-4-6-17-15(14-5-7-18-19(14)3)12-8-11(2)9-13(16)10-12/h5,7-10,15,17H,4,6H2,1-3H3. The summed E-state index contributed by atoms with van der Waals surface area (Å²) < 4.78 is 15.4. The highest BCUT2D eigenvalue weighted by Gasteiger charge is 2.17. The second-order valence-electron chi connectivity index (χ2n) is 4.83. The number of aromatic nitrogens is 2. The number of halogens is 1. The van der Waals surface area contributed by atoms with E-state index in [1.807, 2.05) is 30.8 Å². The molecule has 0 saturated carbocycles. The van der Waals surface area contributed by atoms with Gasteiger partial charge in [-0.3, -0.25) is 4.68 Å². The molecule has 1 unspecified atom stereocenters. The van der Waals surface area contributed by atoms with Crippen LogP contribution in [0.1, 0.15) is 36.2 Å². The van der Waals surface area contributed by atoms with Gasteiger partial charge in [0.05, 0.1) is 11.7 Å². The minimum Gasteiger partial charge on any atom is -0.305 e. The quantitative estimate of drug-likeness (QED) is 0.896. The van der Waals surface area contributed by atoms with Crippen LogP contribution in [0.3, 0.4) is 0 Å². The topological polar surface area (TPSA) is 29.9 Å². The van der Waals surface area contributed by atoms with Crippen molar-refractivity contribution in [2.24, 2.45) is 7.05 Å². The highest BCUT2D eigenvalue weighted by molar-refractivity contribution is 5.31. The second-order valence-corrected chi connectivity index (χ2v) is 4.83. The maximum Gasteiger partial charge on any atom is 0.123 e. The molecule has 0 aliphatic rings. The molecule has 0 radical (unpaired) electrons. The van der Waals surface area contributed by atoms with Crippen molar-refractivity contribution in [3.63, 3.8) is 0 Å². The largest absolute Gasteiger partial charge is 0.305 e. The first kappa shape index (κ1) is 13.7. The van der Waals surface area contributed by atoms with E-state index in [2.05, 4.69) is 17.3 Å². The van der Waals surface area contributed by atoms with E-state index >= 15 is 0 Å². The van der Waals surface area contributed by atoms with Gasteiger partial charge >= 0.3 is 0 Å². The lowest BCUT2D eigenvalue weighted by Gasteiger charge is -2.20. The number of rotatable bonds is 5. The van der Waals surface area contributed by atoms with Gasteiger partial charge in [-0.15, -0.1) is 0 Å². The van der Waals surface area contributed by atoms with E-state index in [9.17, 15) is 4.39 Å². The summed E-state index contributed by atoms with van der Waals surface area (Å²) in [4.78, 5) is 0. The lowest BCUT2D eigenvalue weighted by molar-refractivity contribution is 0.547. The highest BCUT2D eigenvalue weighted by Crippen LogP contribution is 2.23. The predicted octanol–water partition coefficient (Wildman–Crippen LogP) is 2.96. The maximum absolute atomic E-state index is 13.6. The van der Waals surface area contributed by atoms with Crippen LogP contribution in [0.25, 0.3) is 0 Å². The van der Waals surface area contributed by atoms with Crippen LogP contribution in [-0.4, -0.2) is 16.3 Å². The normalized spacial score (nSPS) is 12.6. The van der Waals surface area contributed by atoms with Crippen LogP contribution in [-0.2, 0) is 7.05 Å². The third-order valence-corrected chi connectivity index (χ3v) is 3.15. The van der Waals surface area contributed by atoms with Gasteiger partial charge in [0, 0.05) is 13.2 Å². The Balaban J connectivity index is 2.39. The Morgan fingerprint density at radius 2 is 2.16 bits per heavy atom. The lowest BCUT2D eigenvalue weighted by atomic mass is 10.0. The molecule has 0 aliphatic carbocycles. The number of hydrogen-bond acceptors (Lipinski definition) is 2. The van der Waals surface area contributed by atoms with Crippen molar-refractivity contribution in [1.82, 2.24) is 15.1 Å². The molecule has 102 valence electrons. The molecule has 3 nitrogen and oxygen atoms in total. The van der Waals surface area contributed by atoms with Crippen LogP contribution in [0, 0.1) is 12.7 Å². The smallest absolute Gasteiger partial charge is 0.123 e. The molecule has 2 rings (SSSR count). The van der Waals surface area contributed by atoms with E-state index in [0.29, 0.717) is 0 Å². The molecule has 0 spiro atoms. The molecule has 1 atom stereocenters. The number of nitrogens with zero attached hydrogens (tertiary/aromatic N) is 2. The summed E-state index contributed by atoms with van der Waals surface area (Å²) in [5.41, 5.74) is 2.91. The molecule has 4 heteroatoms. The first-order valence-corrected chi connectivity index (χ1v) is 6.60. The Bertz CT molecular complexity index is 528. The summed E-state index contributed by atoms with van der Waals surface area (Å²) in [6, 6.07) is 7.09.